The van der Waals surface area contributed by atoms with Crippen LogP contribution in [0.1, 0.15) is 52.4 Å². The molecule has 1 rings (SSSR count). The van der Waals surface area contributed by atoms with Crippen LogP contribution in [0.5, 0.6) is 0 Å². The minimum atomic E-state index is -0.394. The number of urea groups is 1. The van der Waals surface area contributed by atoms with Gasteiger partial charge in [-0.1, -0.05) is 25.9 Å². The Balaban J connectivity index is 2.61. The van der Waals surface area contributed by atoms with E-state index in [1.54, 1.807) is 13.8 Å². The molecule has 0 aliphatic carbocycles. The molecule has 2 atom stereocenters. The lowest BCUT2D eigenvalue weighted by Crippen LogP contribution is -2.43. The van der Waals surface area contributed by atoms with Crippen molar-refractivity contribution in [2.75, 3.05) is 6.61 Å². The number of nitrogens with zero attached hydrogens (tertiary/aromatic N) is 2. The molecule has 2 amide bonds. The summed E-state index contributed by atoms with van der Waals surface area (Å²) >= 11 is 0. The van der Waals surface area contributed by atoms with E-state index in [0.29, 0.717) is 11.7 Å². The number of nitrogens with one attached hydrogen (secondary N) is 2. The quantitative estimate of drug-likeness (QED) is 0.761. The van der Waals surface area contributed by atoms with E-state index < -0.39 is 6.04 Å². The molecule has 19 heavy (non-hydrogen) atoms. The lowest BCUT2D eigenvalue weighted by Gasteiger charge is -2.14. The van der Waals surface area contributed by atoms with Crippen molar-refractivity contribution in [3.8, 4) is 0 Å². The normalized spacial score (nSPS) is 14.8. The first kappa shape index (κ1) is 15.4. The van der Waals surface area contributed by atoms with Crippen molar-refractivity contribution in [1.82, 2.24) is 20.8 Å². The first-order chi connectivity index (χ1) is 8.74. The van der Waals surface area contributed by atoms with Gasteiger partial charge in [-0.05, 0) is 13.8 Å². The molecule has 0 saturated heterocycles. The predicted octanol–water partition coefficient (Wildman–Crippen LogP) is 1.11. The third-order valence-electron chi connectivity index (χ3n) is 2.48. The third kappa shape index (κ3) is 4.51. The van der Waals surface area contributed by atoms with E-state index in [4.69, 9.17) is 9.63 Å². The van der Waals surface area contributed by atoms with Gasteiger partial charge in [-0.25, -0.2) is 4.79 Å². The maximum Gasteiger partial charge on any atom is 0.315 e. The van der Waals surface area contributed by atoms with Gasteiger partial charge in [0.1, 0.15) is 6.04 Å². The first-order valence-electron chi connectivity index (χ1n) is 6.26. The van der Waals surface area contributed by atoms with Crippen molar-refractivity contribution in [3.05, 3.63) is 11.7 Å². The molecule has 0 saturated carbocycles. The first-order valence-corrected chi connectivity index (χ1v) is 6.26. The third-order valence-corrected chi connectivity index (χ3v) is 2.48. The van der Waals surface area contributed by atoms with E-state index in [1.807, 2.05) is 20.8 Å². The second-order valence-electron chi connectivity index (χ2n) is 5.63. The fourth-order valence-electron chi connectivity index (χ4n) is 1.29. The molecule has 0 aliphatic heterocycles. The molecule has 1 aromatic rings. The zero-order chi connectivity index (χ0) is 14.6. The van der Waals surface area contributed by atoms with Crippen LogP contribution >= 0.6 is 0 Å². The van der Waals surface area contributed by atoms with Gasteiger partial charge in [0.15, 0.2) is 5.82 Å². The summed E-state index contributed by atoms with van der Waals surface area (Å²) in [7, 11) is 0. The summed E-state index contributed by atoms with van der Waals surface area (Å²) in [5, 5.41) is 18.0. The summed E-state index contributed by atoms with van der Waals surface area (Å²) in [6.07, 6.45) is 0. The number of hydrogen-bond acceptors (Lipinski definition) is 5. The largest absolute Gasteiger partial charge is 0.394 e. The Hall–Kier alpha value is -1.63. The molecule has 0 aliphatic rings. The Bertz CT molecular complexity index is 425. The molecule has 0 radical (unpaired) electrons. The van der Waals surface area contributed by atoms with Crippen LogP contribution in [0, 0.1) is 0 Å². The van der Waals surface area contributed by atoms with Gasteiger partial charge in [0.05, 0.1) is 12.6 Å². The SMILES string of the molecule is CC(NC(=O)N[C@@H](C)CO)c1nc(C(C)(C)C)no1. The van der Waals surface area contributed by atoms with Crippen molar-refractivity contribution >= 4 is 6.03 Å². The number of hydrogen-bond donors (Lipinski definition) is 3. The minimum absolute atomic E-state index is 0.115. The fourth-order valence-corrected chi connectivity index (χ4v) is 1.29. The lowest BCUT2D eigenvalue weighted by atomic mass is 9.96. The minimum Gasteiger partial charge on any atom is -0.394 e. The monoisotopic (exact) mass is 270 g/mol. The number of aliphatic hydroxyl groups is 1. The zero-order valence-corrected chi connectivity index (χ0v) is 12.0. The standard InChI is InChI=1S/C12H22N4O3/c1-7(6-17)13-11(18)14-8(2)9-15-10(16-19-9)12(3,4)5/h7-8,17H,6H2,1-5H3,(H2,13,14,18)/t7-,8?/m0/s1. The van der Waals surface area contributed by atoms with Crippen LogP contribution in [0.4, 0.5) is 4.79 Å². The van der Waals surface area contributed by atoms with Crippen LogP contribution in [0.15, 0.2) is 4.52 Å². The molecule has 1 unspecified atom stereocenters. The molecule has 7 nitrogen and oxygen atoms in total. The second-order valence-corrected chi connectivity index (χ2v) is 5.63. The smallest absolute Gasteiger partial charge is 0.315 e. The summed E-state index contributed by atoms with van der Waals surface area (Å²) in [6, 6.07) is -1.08. The Labute approximate surface area is 112 Å². The Morgan fingerprint density at radius 1 is 1.37 bits per heavy atom. The molecule has 0 bridgehead atoms. The molecule has 0 spiro atoms. The van der Waals surface area contributed by atoms with E-state index in [2.05, 4.69) is 20.8 Å². The van der Waals surface area contributed by atoms with E-state index in [-0.39, 0.29) is 24.1 Å². The van der Waals surface area contributed by atoms with Crippen molar-refractivity contribution in [2.45, 2.75) is 52.1 Å². The van der Waals surface area contributed by atoms with E-state index >= 15 is 0 Å². The molecular formula is C12H22N4O3. The van der Waals surface area contributed by atoms with Gasteiger partial charge in [0.2, 0.25) is 5.89 Å². The van der Waals surface area contributed by atoms with Crippen LogP contribution in [0.25, 0.3) is 0 Å². The molecule has 1 aromatic heterocycles. The number of carbonyl (C=O) groups excluding carboxylic acids is 1. The van der Waals surface area contributed by atoms with Gasteiger partial charge in [0, 0.05) is 5.41 Å². The average Bonchev–Trinajstić information content (AvgIpc) is 2.77. The molecule has 108 valence electrons. The Kier molecular flexibility index (Phi) is 4.88. The molecule has 1 heterocycles. The maximum atomic E-state index is 11.6. The molecule has 7 heteroatoms. The number of carbonyl (C=O) groups is 1. The summed E-state index contributed by atoms with van der Waals surface area (Å²) in [4.78, 5) is 15.8. The Morgan fingerprint density at radius 3 is 2.47 bits per heavy atom. The van der Waals surface area contributed by atoms with Crippen molar-refractivity contribution in [1.29, 1.82) is 0 Å². The second kappa shape index (κ2) is 6.01. The molecule has 0 fully saturated rings. The van der Waals surface area contributed by atoms with Gasteiger partial charge in [-0.15, -0.1) is 0 Å². The average molecular weight is 270 g/mol. The van der Waals surface area contributed by atoms with E-state index in [1.165, 1.54) is 0 Å². The molecular weight excluding hydrogens is 248 g/mol. The van der Waals surface area contributed by atoms with Crippen molar-refractivity contribution < 1.29 is 14.4 Å². The summed E-state index contributed by atoms with van der Waals surface area (Å²) in [5.41, 5.74) is -0.199. The van der Waals surface area contributed by atoms with Gasteiger partial charge in [0.25, 0.3) is 0 Å². The summed E-state index contributed by atoms with van der Waals surface area (Å²) < 4.78 is 5.13. The van der Waals surface area contributed by atoms with Gasteiger partial charge >= 0.3 is 6.03 Å². The van der Waals surface area contributed by atoms with Crippen LogP contribution in [0.3, 0.4) is 0 Å². The van der Waals surface area contributed by atoms with Gasteiger partial charge in [-0.3, -0.25) is 0 Å². The maximum absolute atomic E-state index is 11.6. The van der Waals surface area contributed by atoms with E-state index in [0.717, 1.165) is 0 Å². The predicted molar refractivity (Wildman–Crippen MR) is 69.6 cm³/mol. The number of aromatic nitrogens is 2. The van der Waals surface area contributed by atoms with Crippen LogP contribution in [-0.2, 0) is 5.41 Å². The molecule has 0 aromatic carbocycles. The highest BCUT2D eigenvalue weighted by Crippen LogP contribution is 2.20. The molecule has 3 N–H and O–H groups in total. The van der Waals surface area contributed by atoms with E-state index in [9.17, 15) is 4.79 Å². The highest BCUT2D eigenvalue weighted by atomic mass is 16.5. The van der Waals surface area contributed by atoms with Crippen LogP contribution in [0.2, 0.25) is 0 Å². The lowest BCUT2D eigenvalue weighted by molar-refractivity contribution is 0.215. The van der Waals surface area contributed by atoms with Crippen LogP contribution in [-0.4, -0.2) is 33.9 Å². The highest BCUT2D eigenvalue weighted by molar-refractivity contribution is 5.74. The fraction of sp³-hybridized carbons (Fsp3) is 0.750. The zero-order valence-electron chi connectivity index (χ0n) is 12.0. The van der Waals surface area contributed by atoms with Crippen molar-refractivity contribution in [3.63, 3.8) is 0 Å². The topological polar surface area (TPSA) is 100 Å². The number of aliphatic hydroxyl groups excluding tert-OH is 1. The summed E-state index contributed by atoms with van der Waals surface area (Å²) in [5.74, 6) is 0.956. The van der Waals surface area contributed by atoms with Gasteiger partial charge in [-0.2, -0.15) is 4.98 Å². The number of rotatable bonds is 4. The van der Waals surface area contributed by atoms with Crippen LogP contribution < -0.4 is 10.6 Å². The number of amides is 2. The van der Waals surface area contributed by atoms with Gasteiger partial charge < -0.3 is 20.3 Å². The highest BCUT2D eigenvalue weighted by Gasteiger charge is 2.23. The summed E-state index contributed by atoms with van der Waals surface area (Å²) in [6.45, 7) is 9.29. The van der Waals surface area contributed by atoms with Crippen molar-refractivity contribution in [2.24, 2.45) is 0 Å². The Morgan fingerprint density at radius 2 is 2.00 bits per heavy atom.